The monoisotopic (exact) mass is 512 g/mol. The van der Waals surface area contributed by atoms with Gasteiger partial charge in [0.2, 0.25) is 5.91 Å². The van der Waals surface area contributed by atoms with E-state index in [0.29, 0.717) is 37.7 Å². The number of anilines is 1. The van der Waals surface area contributed by atoms with Crippen LogP contribution in [0.2, 0.25) is 5.02 Å². The number of hydrogen-bond donors (Lipinski definition) is 0. The average molecular weight is 513 g/mol. The van der Waals surface area contributed by atoms with Crippen LogP contribution in [0, 0.1) is 0 Å². The fourth-order valence-electron chi connectivity index (χ4n) is 5.69. The van der Waals surface area contributed by atoms with Crippen molar-refractivity contribution in [2.75, 3.05) is 44.2 Å². The molecule has 3 fully saturated rings. The fourth-order valence-corrected chi connectivity index (χ4v) is 5.85. The van der Waals surface area contributed by atoms with Gasteiger partial charge in [0.1, 0.15) is 11.9 Å². The molecule has 0 N–H and O–H groups in total. The van der Waals surface area contributed by atoms with Gasteiger partial charge in [0, 0.05) is 68.3 Å². The molecule has 0 aliphatic carbocycles. The molecule has 36 heavy (non-hydrogen) atoms. The van der Waals surface area contributed by atoms with Crippen LogP contribution in [0.3, 0.4) is 0 Å². The van der Waals surface area contributed by atoms with E-state index in [1.165, 1.54) is 12.8 Å². The Morgan fingerprint density at radius 1 is 1.08 bits per heavy atom. The molecule has 4 heterocycles. The van der Waals surface area contributed by atoms with E-state index < -0.39 is 0 Å². The summed E-state index contributed by atoms with van der Waals surface area (Å²) < 4.78 is 5.78. The summed E-state index contributed by atoms with van der Waals surface area (Å²) >= 11 is 6.29. The Kier molecular flexibility index (Phi) is 8.27. The number of aromatic nitrogens is 1. The molecular formula is C28H37ClN4O3. The van der Waals surface area contributed by atoms with Crippen molar-refractivity contribution in [1.29, 1.82) is 0 Å². The number of pyridine rings is 1. The summed E-state index contributed by atoms with van der Waals surface area (Å²) in [5, 5.41) is 1.70. The van der Waals surface area contributed by atoms with E-state index in [1.807, 2.05) is 28.0 Å². The number of hydrogen-bond acceptors (Lipinski definition) is 5. The average Bonchev–Trinajstić information content (AvgIpc) is 3.48. The quantitative estimate of drug-likeness (QED) is 0.509. The summed E-state index contributed by atoms with van der Waals surface area (Å²) in [6.07, 6.45) is 8.44. The van der Waals surface area contributed by atoms with Crippen LogP contribution in [-0.4, -0.2) is 72.0 Å². The number of ether oxygens (including phenoxy) is 1. The zero-order valence-electron chi connectivity index (χ0n) is 21.1. The van der Waals surface area contributed by atoms with Gasteiger partial charge in [-0.2, -0.15) is 0 Å². The lowest BCUT2D eigenvalue weighted by Gasteiger charge is -2.30. The van der Waals surface area contributed by atoms with Gasteiger partial charge in [-0.25, -0.2) is 4.98 Å². The van der Waals surface area contributed by atoms with E-state index in [-0.39, 0.29) is 17.9 Å². The Hall–Kier alpha value is -2.38. The first-order chi connectivity index (χ1) is 17.6. The predicted molar refractivity (Wildman–Crippen MR) is 142 cm³/mol. The van der Waals surface area contributed by atoms with E-state index in [1.54, 1.807) is 0 Å². The molecule has 1 unspecified atom stereocenters. The maximum Gasteiger partial charge on any atom is 0.252 e. The zero-order valence-corrected chi connectivity index (χ0v) is 21.8. The van der Waals surface area contributed by atoms with Crippen molar-refractivity contribution in [3.05, 3.63) is 34.9 Å². The van der Waals surface area contributed by atoms with Crippen LogP contribution in [-0.2, 0) is 20.9 Å². The Bertz CT molecular complexity index is 1080. The largest absolute Gasteiger partial charge is 0.368 e. The Morgan fingerprint density at radius 3 is 2.64 bits per heavy atom. The van der Waals surface area contributed by atoms with Gasteiger partial charge in [0.15, 0.2) is 0 Å². The van der Waals surface area contributed by atoms with Crippen LogP contribution < -0.4 is 4.90 Å². The van der Waals surface area contributed by atoms with Gasteiger partial charge in [-0.3, -0.25) is 9.59 Å². The number of rotatable bonds is 8. The van der Waals surface area contributed by atoms with Gasteiger partial charge in [0.05, 0.1) is 5.52 Å². The highest BCUT2D eigenvalue weighted by Crippen LogP contribution is 2.29. The Labute approximate surface area is 218 Å². The van der Waals surface area contributed by atoms with E-state index in [0.717, 1.165) is 80.4 Å². The first kappa shape index (κ1) is 25.3. The molecular weight excluding hydrogens is 476 g/mol. The van der Waals surface area contributed by atoms with Crippen LogP contribution in [0.1, 0.15) is 63.4 Å². The van der Waals surface area contributed by atoms with Crippen LogP contribution in [0.15, 0.2) is 24.3 Å². The molecule has 1 aromatic heterocycles. The van der Waals surface area contributed by atoms with Gasteiger partial charge in [0.25, 0.3) is 5.91 Å². The second kappa shape index (κ2) is 11.8. The highest BCUT2D eigenvalue weighted by Gasteiger charge is 2.30. The van der Waals surface area contributed by atoms with E-state index in [9.17, 15) is 9.59 Å². The molecule has 3 aliphatic rings. The van der Waals surface area contributed by atoms with Gasteiger partial charge in [-0.05, 0) is 56.7 Å². The highest BCUT2D eigenvalue weighted by molar-refractivity contribution is 6.31. The molecule has 0 radical (unpaired) electrons. The summed E-state index contributed by atoms with van der Waals surface area (Å²) in [4.78, 5) is 37.0. The number of carbonyl (C=O) groups is 2. The van der Waals surface area contributed by atoms with E-state index in [2.05, 4.69) is 11.0 Å². The molecule has 3 aliphatic heterocycles. The number of carbonyl (C=O) groups excluding carboxylic acids is 2. The second-order valence-electron chi connectivity index (χ2n) is 10.3. The molecule has 0 bridgehead atoms. The maximum atomic E-state index is 13.6. The lowest BCUT2D eigenvalue weighted by Crippen LogP contribution is -2.40. The van der Waals surface area contributed by atoms with Crippen LogP contribution in [0.25, 0.3) is 10.9 Å². The van der Waals surface area contributed by atoms with Gasteiger partial charge in [-0.15, -0.1) is 0 Å². The summed E-state index contributed by atoms with van der Waals surface area (Å²) in [6, 6.07) is 8.00. The van der Waals surface area contributed by atoms with E-state index in [4.69, 9.17) is 21.3 Å². The smallest absolute Gasteiger partial charge is 0.252 e. The molecule has 3 saturated heterocycles. The van der Waals surface area contributed by atoms with Gasteiger partial charge < -0.3 is 19.4 Å². The summed E-state index contributed by atoms with van der Waals surface area (Å²) in [6.45, 7) is 5.20. The first-order valence-electron chi connectivity index (χ1n) is 13.6. The molecule has 194 valence electrons. The third-order valence-corrected chi connectivity index (χ3v) is 7.88. The molecule has 1 aromatic carbocycles. The lowest BCUT2D eigenvalue weighted by molar-refractivity contribution is -0.141. The molecule has 2 aromatic rings. The van der Waals surface area contributed by atoms with Crippen molar-refractivity contribution >= 4 is 40.1 Å². The minimum atomic E-state index is -0.368. The van der Waals surface area contributed by atoms with Crippen LogP contribution >= 0.6 is 11.6 Å². The SMILES string of the molecule is O=C1CCCN1CCCN(Cc1cc2ccc(Cl)cc2nc1N1CCCCCC1)C(=O)C1CCCO1. The third-order valence-electron chi connectivity index (χ3n) is 7.65. The Balaban J connectivity index is 1.42. The predicted octanol–water partition coefficient (Wildman–Crippen LogP) is 4.79. The van der Waals surface area contributed by atoms with Gasteiger partial charge >= 0.3 is 0 Å². The third kappa shape index (κ3) is 5.94. The van der Waals surface area contributed by atoms with Crippen molar-refractivity contribution < 1.29 is 14.3 Å². The zero-order chi connectivity index (χ0) is 24.9. The molecule has 7 nitrogen and oxygen atoms in total. The molecule has 5 rings (SSSR count). The highest BCUT2D eigenvalue weighted by atomic mass is 35.5. The number of benzene rings is 1. The maximum absolute atomic E-state index is 13.6. The van der Waals surface area contributed by atoms with Crippen LogP contribution in [0.5, 0.6) is 0 Å². The number of nitrogens with zero attached hydrogens (tertiary/aromatic N) is 4. The number of fused-ring (bicyclic) bond motifs is 1. The minimum Gasteiger partial charge on any atom is -0.368 e. The number of halogens is 1. The van der Waals surface area contributed by atoms with Crippen molar-refractivity contribution in [2.45, 2.75) is 70.4 Å². The van der Waals surface area contributed by atoms with Crippen molar-refractivity contribution in [3.63, 3.8) is 0 Å². The van der Waals surface area contributed by atoms with Crippen molar-refractivity contribution in [3.8, 4) is 0 Å². The van der Waals surface area contributed by atoms with Crippen molar-refractivity contribution in [2.24, 2.45) is 0 Å². The summed E-state index contributed by atoms with van der Waals surface area (Å²) in [7, 11) is 0. The molecule has 8 heteroatoms. The standard InChI is InChI=1S/C28H37ClN4O3/c29-23-11-10-21-18-22(27(30-24(21)19-23)32-12-3-1-2-4-13-32)20-33(28(35)25-8-6-17-36-25)16-7-15-31-14-5-9-26(31)34/h10-11,18-19,25H,1-9,12-17,20H2. The lowest BCUT2D eigenvalue weighted by atomic mass is 10.1. The molecule has 2 amide bonds. The second-order valence-corrected chi connectivity index (χ2v) is 10.7. The van der Waals surface area contributed by atoms with Crippen molar-refractivity contribution in [1.82, 2.24) is 14.8 Å². The van der Waals surface area contributed by atoms with Crippen LogP contribution in [0.4, 0.5) is 5.82 Å². The van der Waals surface area contributed by atoms with E-state index >= 15 is 0 Å². The topological polar surface area (TPSA) is 66.0 Å². The summed E-state index contributed by atoms with van der Waals surface area (Å²) in [5.41, 5.74) is 1.95. The number of amides is 2. The summed E-state index contributed by atoms with van der Waals surface area (Å²) in [5.74, 6) is 1.25. The minimum absolute atomic E-state index is 0.0540. The Morgan fingerprint density at radius 2 is 1.92 bits per heavy atom. The normalized spacial score (nSPS) is 20.8. The molecule has 0 spiro atoms. The first-order valence-corrected chi connectivity index (χ1v) is 14.0. The molecule has 0 saturated carbocycles. The molecule has 1 atom stereocenters. The van der Waals surface area contributed by atoms with Gasteiger partial charge in [-0.1, -0.05) is 30.5 Å². The number of likely N-dealkylation sites (tertiary alicyclic amines) is 1. The fraction of sp³-hybridized carbons (Fsp3) is 0.607.